The van der Waals surface area contributed by atoms with E-state index in [4.69, 9.17) is 9.94 Å². The molecule has 1 aromatic rings. The number of para-hydroxylation sites is 1. The minimum atomic E-state index is -4.49. The largest absolute Gasteiger partial charge is 0.481 e. The number of aliphatic carboxylic acids is 1. The quantitative estimate of drug-likeness (QED) is 0.813. The molecule has 0 saturated heterocycles. The van der Waals surface area contributed by atoms with Gasteiger partial charge in [-0.05, 0) is 37.3 Å². The van der Waals surface area contributed by atoms with Crippen LogP contribution >= 0.6 is 0 Å². The van der Waals surface area contributed by atoms with Crippen LogP contribution in [0.4, 0.5) is 13.2 Å². The normalized spacial score (nSPS) is 18.5. The van der Waals surface area contributed by atoms with E-state index in [1.54, 1.807) is 6.08 Å². The molecule has 0 spiro atoms. The number of alkyl halides is 3. The molecule has 0 amide bonds. The van der Waals surface area contributed by atoms with Gasteiger partial charge in [-0.1, -0.05) is 18.2 Å². The fourth-order valence-electron chi connectivity index (χ4n) is 2.39. The Bertz CT molecular complexity index is 569. The number of rotatable bonds is 5. The van der Waals surface area contributed by atoms with E-state index in [1.807, 2.05) is 0 Å². The van der Waals surface area contributed by atoms with E-state index in [9.17, 15) is 18.0 Å². The van der Waals surface area contributed by atoms with Gasteiger partial charge in [-0.3, -0.25) is 4.79 Å². The maximum Gasteiger partial charge on any atom is 0.420 e. The molecule has 0 aromatic heterocycles. The van der Waals surface area contributed by atoms with Crippen molar-refractivity contribution in [2.24, 2.45) is 5.92 Å². The van der Waals surface area contributed by atoms with Crippen molar-refractivity contribution in [1.29, 1.82) is 0 Å². The molecule has 0 heterocycles. The lowest BCUT2D eigenvalue weighted by Crippen LogP contribution is -2.23. The van der Waals surface area contributed by atoms with Crippen molar-refractivity contribution in [3.05, 3.63) is 41.6 Å². The van der Waals surface area contributed by atoms with Crippen molar-refractivity contribution in [3.63, 3.8) is 0 Å². The highest BCUT2D eigenvalue weighted by atomic mass is 19.4. The first-order valence-electron chi connectivity index (χ1n) is 6.88. The highest BCUT2D eigenvalue weighted by Crippen LogP contribution is 2.35. The predicted molar refractivity (Wildman–Crippen MR) is 72.9 cm³/mol. The molecule has 0 saturated carbocycles. The molecule has 1 atom stereocenters. The number of nitrogens with one attached hydrogen (secondary N) is 1. The number of carboxylic acids is 1. The molecular formula is C15H16F3NO3. The fraction of sp³-hybridized carbons (Fsp3) is 0.400. The molecule has 4 nitrogen and oxygen atoms in total. The fourth-order valence-corrected chi connectivity index (χ4v) is 2.39. The Labute approximate surface area is 125 Å². The van der Waals surface area contributed by atoms with E-state index in [0.717, 1.165) is 18.9 Å². The Morgan fingerprint density at radius 1 is 1.36 bits per heavy atom. The van der Waals surface area contributed by atoms with Gasteiger partial charge >= 0.3 is 12.1 Å². The van der Waals surface area contributed by atoms with Crippen molar-refractivity contribution >= 4 is 5.97 Å². The van der Waals surface area contributed by atoms with Crippen molar-refractivity contribution in [3.8, 4) is 5.75 Å². The predicted octanol–water partition coefficient (Wildman–Crippen LogP) is 3.75. The molecule has 1 aliphatic carbocycles. The zero-order valence-electron chi connectivity index (χ0n) is 11.7. The van der Waals surface area contributed by atoms with E-state index < -0.39 is 17.7 Å². The number of allylic oxidation sites excluding steroid dienone is 2. The Morgan fingerprint density at radius 2 is 2.09 bits per heavy atom. The van der Waals surface area contributed by atoms with E-state index in [2.05, 4.69) is 5.48 Å². The minimum absolute atomic E-state index is 0.00428. The third-order valence-electron chi connectivity index (χ3n) is 3.38. The Kier molecular flexibility index (Phi) is 4.95. The van der Waals surface area contributed by atoms with Crippen molar-refractivity contribution in [2.75, 3.05) is 0 Å². The van der Waals surface area contributed by atoms with Crippen LogP contribution in [-0.2, 0) is 11.0 Å². The molecule has 120 valence electrons. The topological polar surface area (TPSA) is 58.6 Å². The highest BCUT2D eigenvalue weighted by molar-refractivity contribution is 5.67. The zero-order chi connectivity index (χ0) is 16.2. The van der Waals surface area contributed by atoms with Gasteiger partial charge in [-0.15, -0.1) is 0 Å². The first-order valence-corrected chi connectivity index (χ1v) is 6.88. The third-order valence-corrected chi connectivity index (χ3v) is 3.38. The van der Waals surface area contributed by atoms with E-state index in [0.29, 0.717) is 12.1 Å². The van der Waals surface area contributed by atoms with Crippen LogP contribution in [0.25, 0.3) is 0 Å². The molecule has 2 N–H and O–H groups in total. The summed E-state index contributed by atoms with van der Waals surface area (Å²) in [7, 11) is 0. The summed E-state index contributed by atoms with van der Waals surface area (Å²) >= 11 is 0. The summed E-state index contributed by atoms with van der Waals surface area (Å²) in [5, 5.41) is 8.78. The average Bonchev–Trinajstić information content (AvgIpc) is 2.44. The molecule has 1 unspecified atom stereocenters. The second kappa shape index (κ2) is 6.72. The number of carboxylic acid groups (broad SMARTS) is 1. The molecule has 22 heavy (non-hydrogen) atoms. The Balaban J connectivity index is 2.04. The van der Waals surface area contributed by atoms with Crippen LogP contribution in [0.2, 0.25) is 0 Å². The third kappa shape index (κ3) is 4.41. The highest BCUT2D eigenvalue weighted by Gasteiger charge is 2.34. The number of halogens is 3. The van der Waals surface area contributed by atoms with Crippen molar-refractivity contribution in [1.82, 2.24) is 5.48 Å². The van der Waals surface area contributed by atoms with Gasteiger partial charge in [0.25, 0.3) is 0 Å². The van der Waals surface area contributed by atoms with E-state index in [-0.39, 0.29) is 18.1 Å². The standard InChI is InChI=1S/C15H16F3NO3/c16-15(17,18)12-6-1-2-7-13(12)22-19-11-5-3-4-10(8-11)9-14(20)21/h1-2,6-8,10,19H,3-5,9H2,(H,20,21). The van der Waals surface area contributed by atoms with Gasteiger partial charge in [-0.2, -0.15) is 13.2 Å². The maximum atomic E-state index is 12.8. The van der Waals surface area contributed by atoms with E-state index in [1.165, 1.54) is 18.2 Å². The summed E-state index contributed by atoms with van der Waals surface area (Å²) in [6.45, 7) is 0. The lowest BCUT2D eigenvalue weighted by atomic mass is 9.91. The van der Waals surface area contributed by atoms with Gasteiger partial charge in [-0.25, -0.2) is 5.48 Å². The maximum absolute atomic E-state index is 12.8. The Hall–Kier alpha value is -2.18. The second-order valence-electron chi connectivity index (χ2n) is 5.14. The van der Waals surface area contributed by atoms with Crippen LogP contribution < -0.4 is 10.3 Å². The van der Waals surface area contributed by atoms with Crippen LogP contribution in [0, 0.1) is 5.92 Å². The minimum Gasteiger partial charge on any atom is -0.481 e. The average molecular weight is 315 g/mol. The van der Waals surface area contributed by atoms with Crippen LogP contribution in [0.1, 0.15) is 31.2 Å². The summed E-state index contributed by atoms with van der Waals surface area (Å²) in [5.41, 5.74) is 2.27. The number of benzene rings is 1. The first-order chi connectivity index (χ1) is 10.4. The van der Waals surface area contributed by atoms with Crippen LogP contribution in [-0.4, -0.2) is 11.1 Å². The molecular weight excluding hydrogens is 299 g/mol. The molecule has 1 aliphatic rings. The summed E-state index contributed by atoms with van der Waals surface area (Å²) in [6, 6.07) is 4.92. The summed E-state index contributed by atoms with van der Waals surface area (Å²) in [4.78, 5) is 15.8. The molecule has 7 heteroatoms. The summed E-state index contributed by atoms with van der Waals surface area (Å²) < 4.78 is 38.5. The second-order valence-corrected chi connectivity index (χ2v) is 5.14. The first kappa shape index (κ1) is 16.2. The number of hydroxylamine groups is 1. The van der Waals surface area contributed by atoms with Crippen LogP contribution in [0.15, 0.2) is 36.0 Å². The molecule has 0 radical (unpaired) electrons. The van der Waals surface area contributed by atoms with Crippen molar-refractivity contribution < 1.29 is 27.9 Å². The van der Waals surface area contributed by atoms with Crippen molar-refractivity contribution in [2.45, 2.75) is 31.9 Å². The Morgan fingerprint density at radius 3 is 2.77 bits per heavy atom. The van der Waals surface area contributed by atoms with Crippen LogP contribution in [0.3, 0.4) is 0 Å². The molecule has 0 bridgehead atoms. The van der Waals surface area contributed by atoms with Gasteiger partial charge < -0.3 is 9.94 Å². The molecule has 0 fully saturated rings. The number of hydrogen-bond acceptors (Lipinski definition) is 3. The monoisotopic (exact) mass is 315 g/mol. The molecule has 1 aromatic carbocycles. The lowest BCUT2D eigenvalue weighted by Gasteiger charge is -2.21. The lowest BCUT2D eigenvalue weighted by molar-refractivity contribution is -0.139. The van der Waals surface area contributed by atoms with Gasteiger partial charge in [0.2, 0.25) is 0 Å². The van der Waals surface area contributed by atoms with E-state index >= 15 is 0 Å². The zero-order valence-corrected chi connectivity index (χ0v) is 11.7. The van der Waals surface area contributed by atoms with Gasteiger partial charge in [0, 0.05) is 5.70 Å². The van der Waals surface area contributed by atoms with Crippen LogP contribution in [0.5, 0.6) is 5.75 Å². The number of hydrogen-bond donors (Lipinski definition) is 2. The SMILES string of the molecule is O=C(O)CC1C=C(NOc2ccccc2C(F)(F)F)CCC1. The molecule has 0 aliphatic heterocycles. The van der Waals surface area contributed by atoms with Gasteiger partial charge in [0.1, 0.15) is 5.56 Å². The molecule has 2 rings (SSSR count). The summed E-state index contributed by atoms with van der Waals surface area (Å²) in [5.74, 6) is -1.34. The summed E-state index contributed by atoms with van der Waals surface area (Å²) in [6.07, 6.45) is -0.648. The van der Waals surface area contributed by atoms with Gasteiger partial charge in [0.15, 0.2) is 5.75 Å². The number of carbonyl (C=O) groups is 1. The van der Waals surface area contributed by atoms with Gasteiger partial charge in [0.05, 0.1) is 6.42 Å². The smallest absolute Gasteiger partial charge is 0.420 e.